The van der Waals surface area contributed by atoms with Crippen molar-refractivity contribution >= 4 is 20.7 Å². The van der Waals surface area contributed by atoms with Crippen LogP contribution in [0.15, 0.2) is 103 Å². The molecule has 1 N–H and O–H groups in total. The Morgan fingerprint density at radius 1 is 0.641 bits per heavy atom. The fourth-order valence-corrected chi connectivity index (χ4v) is 5.42. The molecule has 0 aliphatic carbocycles. The van der Waals surface area contributed by atoms with E-state index in [1.165, 1.54) is 6.26 Å². The van der Waals surface area contributed by atoms with Gasteiger partial charge in [0, 0.05) is 23.4 Å². The predicted molar refractivity (Wildman–Crippen MR) is 161 cm³/mol. The maximum Gasteiger partial charge on any atom is 0.156 e. The first-order valence-electron chi connectivity index (χ1n) is 13.0. The van der Waals surface area contributed by atoms with E-state index in [9.17, 15) is 13.5 Å². The minimum absolute atomic E-state index is 0.734. The lowest BCUT2D eigenvalue weighted by molar-refractivity contribution is 0.0786. The van der Waals surface area contributed by atoms with E-state index in [0.29, 0.717) is 0 Å². The molecule has 0 saturated heterocycles. The summed E-state index contributed by atoms with van der Waals surface area (Å²) in [5, 5.41) is 11.3. The lowest BCUT2D eigenvalue weighted by atomic mass is 9.89. The van der Waals surface area contributed by atoms with Gasteiger partial charge in [0.05, 0.1) is 15.9 Å². The molecule has 0 unspecified atom stereocenters. The van der Waals surface area contributed by atoms with Crippen LogP contribution in [0.2, 0.25) is 0 Å². The molecular weight excluding hydrogens is 502 g/mol. The van der Waals surface area contributed by atoms with Crippen LogP contribution in [0.5, 0.6) is 0 Å². The fourth-order valence-electron chi connectivity index (χ4n) is 4.87. The molecule has 0 saturated carbocycles. The van der Waals surface area contributed by atoms with Gasteiger partial charge in [0.2, 0.25) is 0 Å². The first-order chi connectivity index (χ1) is 18.4. The van der Waals surface area contributed by atoms with Gasteiger partial charge in [-0.2, -0.15) is 0 Å². The van der Waals surface area contributed by atoms with Gasteiger partial charge < -0.3 is 5.11 Å². The van der Waals surface area contributed by atoms with Crippen molar-refractivity contribution in [2.24, 2.45) is 0 Å². The number of aromatic nitrogens is 1. The van der Waals surface area contributed by atoms with Crippen LogP contribution in [-0.4, -0.2) is 24.8 Å². The van der Waals surface area contributed by atoms with Crippen molar-refractivity contribution in [3.63, 3.8) is 0 Å². The predicted octanol–water partition coefficient (Wildman–Crippen LogP) is 7.74. The topological polar surface area (TPSA) is 67.3 Å². The zero-order chi connectivity index (χ0) is 28.0. The number of hydrogen-bond acceptors (Lipinski definition) is 4. The summed E-state index contributed by atoms with van der Waals surface area (Å²) >= 11 is 0. The largest absolute Gasteiger partial charge is 0.386 e. The van der Waals surface area contributed by atoms with Gasteiger partial charge in [-0.3, -0.25) is 4.98 Å². The number of nitrogens with zero attached hydrogens (tertiary/aromatic N) is 1. The van der Waals surface area contributed by atoms with Crippen molar-refractivity contribution in [1.29, 1.82) is 0 Å². The van der Waals surface area contributed by atoms with Gasteiger partial charge in [-0.25, -0.2) is 8.42 Å². The zero-order valence-electron chi connectivity index (χ0n) is 22.9. The summed E-state index contributed by atoms with van der Waals surface area (Å²) in [4.78, 5) is 4.67. The second kappa shape index (κ2) is 9.74. The second-order valence-corrected chi connectivity index (χ2v) is 13.7. The Hall–Kier alpha value is -3.80. The average molecular weight is 536 g/mol. The van der Waals surface area contributed by atoms with E-state index in [4.69, 9.17) is 0 Å². The molecule has 5 heteroatoms. The Morgan fingerprint density at radius 2 is 1.26 bits per heavy atom. The van der Waals surface area contributed by atoms with Crippen LogP contribution in [0.1, 0.15) is 38.8 Å². The number of aliphatic hydroxyl groups is 1. The standard InChI is InChI=1S/C34H33NO3S/c1-33(2,36)27-17-15-23(16-18-27)29-13-6-7-14-30(29)24-10-8-11-25(20-24)31-22-28(34(3,4)39(5,37)38)21-26-12-9-19-35-32(26)31/h6-22,36H,1-5H3. The van der Waals surface area contributed by atoms with Crippen LogP contribution in [0, 0.1) is 0 Å². The van der Waals surface area contributed by atoms with Gasteiger partial charge in [-0.15, -0.1) is 0 Å². The Morgan fingerprint density at radius 3 is 1.87 bits per heavy atom. The minimum atomic E-state index is -3.36. The number of rotatable bonds is 6. The van der Waals surface area contributed by atoms with Crippen LogP contribution < -0.4 is 0 Å². The number of fused-ring (bicyclic) bond motifs is 1. The molecule has 198 valence electrons. The molecule has 0 atom stereocenters. The van der Waals surface area contributed by atoms with Gasteiger partial charge in [0.15, 0.2) is 9.84 Å². The third-order valence-electron chi connectivity index (χ3n) is 7.64. The van der Waals surface area contributed by atoms with Gasteiger partial charge in [-0.05, 0) is 90.9 Å². The van der Waals surface area contributed by atoms with Gasteiger partial charge in [0.25, 0.3) is 0 Å². The average Bonchev–Trinajstić information content (AvgIpc) is 2.91. The van der Waals surface area contributed by atoms with E-state index < -0.39 is 20.2 Å². The van der Waals surface area contributed by atoms with Crippen molar-refractivity contribution in [1.82, 2.24) is 4.98 Å². The molecule has 0 bridgehead atoms. The van der Waals surface area contributed by atoms with Crippen LogP contribution in [0.25, 0.3) is 44.3 Å². The molecule has 5 rings (SSSR count). The molecule has 0 fully saturated rings. The smallest absolute Gasteiger partial charge is 0.156 e. The molecule has 0 aliphatic heterocycles. The fraction of sp³-hybridized carbons (Fsp3) is 0.206. The zero-order valence-corrected chi connectivity index (χ0v) is 23.8. The van der Waals surface area contributed by atoms with E-state index in [-0.39, 0.29) is 0 Å². The highest BCUT2D eigenvalue weighted by Crippen LogP contribution is 2.39. The molecular formula is C34H33NO3S. The monoisotopic (exact) mass is 535 g/mol. The molecule has 0 radical (unpaired) electrons. The van der Waals surface area contributed by atoms with E-state index in [2.05, 4.69) is 29.2 Å². The summed E-state index contributed by atoms with van der Waals surface area (Å²) in [5.41, 5.74) is 7.68. The third kappa shape index (κ3) is 5.12. The normalized spacial score (nSPS) is 12.6. The first kappa shape index (κ1) is 26.8. The van der Waals surface area contributed by atoms with Crippen LogP contribution >= 0.6 is 0 Å². The Bertz CT molecular complexity index is 1780. The van der Waals surface area contributed by atoms with Crippen molar-refractivity contribution in [3.8, 4) is 33.4 Å². The van der Waals surface area contributed by atoms with Gasteiger partial charge in [-0.1, -0.05) is 72.8 Å². The number of benzene rings is 4. The minimum Gasteiger partial charge on any atom is -0.386 e. The molecule has 5 aromatic rings. The summed E-state index contributed by atoms with van der Waals surface area (Å²) < 4.78 is 24.3. The molecule has 1 heterocycles. The van der Waals surface area contributed by atoms with Crippen LogP contribution in [-0.2, 0) is 20.2 Å². The molecule has 4 nitrogen and oxygen atoms in total. The Kier molecular flexibility index (Phi) is 6.69. The van der Waals surface area contributed by atoms with Crippen LogP contribution in [0.4, 0.5) is 0 Å². The highest BCUT2D eigenvalue weighted by molar-refractivity contribution is 7.91. The quantitative estimate of drug-likeness (QED) is 0.241. The maximum atomic E-state index is 12.7. The van der Waals surface area contributed by atoms with Crippen molar-refractivity contribution in [2.45, 2.75) is 38.0 Å². The SMILES string of the molecule is CC(C)(O)c1ccc(-c2ccccc2-c2cccc(-c3cc(C(C)(C)S(C)(=O)=O)cc4cccnc34)c2)cc1. The highest BCUT2D eigenvalue weighted by atomic mass is 32.2. The summed E-state index contributed by atoms with van der Waals surface area (Å²) in [6, 6.07) is 32.4. The third-order valence-corrected chi connectivity index (χ3v) is 9.73. The maximum absolute atomic E-state index is 12.7. The Balaban J connectivity index is 1.66. The van der Waals surface area contributed by atoms with Crippen molar-refractivity contribution in [3.05, 3.63) is 114 Å². The lowest BCUT2D eigenvalue weighted by Crippen LogP contribution is -2.28. The number of sulfone groups is 1. The molecule has 1 aromatic heterocycles. The molecule has 39 heavy (non-hydrogen) atoms. The second-order valence-electron chi connectivity index (χ2n) is 11.1. The summed E-state index contributed by atoms with van der Waals surface area (Å²) in [5.74, 6) is 0. The Labute approximate surface area is 230 Å². The van der Waals surface area contributed by atoms with Crippen LogP contribution in [0.3, 0.4) is 0 Å². The molecule has 0 amide bonds. The number of hydrogen-bond donors (Lipinski definition) is 1. The van der Waals surface area contributed by atoms with Crippen molar-refractivity contribution < 1.29 is 13.5 Å². The molecule has 0 aliphatic rings. The van der Waals surface area contributed by atoms with Crippen molar-refractivity contribution in [2.75, 3.05) is 6.26 Å². The first-order valence-corrected chi connectivity index (χ1v) is 14.9. The van der Waals surface area contributed by atoms with E-state index in [1.54, 1.807) is 33.9 Å². The van der Waals surface area contributed by atoms with E-state index >= 15 is 0 Å². The van der Waals surface area contributed by atoms with Gasteiger partial charge >= 0.3 is 0 Å². The summed E-state index contributed by atoms with van der Waals surface area (Å²) in [6.45, 7) is 7.07. The molecule has 0 spiro atoms. The molecule has 4 aromatic carbocycles. The number of pyridine rings is 1. The summed E-state index contributed by atoms with van der Waals surface area (Å²) in [7, 11) is -3.36. The summed E-state index contributed by atoms with van der Waals surface area (Å²) in [6.07, 6.45) is 3.05. The van der Waals surface area contributed by atoms with E-state index in [1.807, 2.05) is 72.8 Å². The highest BCUT2D eigenvalue weighted by Gasteiger charge is 2.33. The van der Waals surface area contributed by atoms with E-state index in [0.717, 1.165) is 55.4 Å². The lowest BCUT2D eigenvalue weighted by Gasteiger charge is -2.24. The van der Waals surface area contributed by atoms with Gasteiger partial charge in [0.1, 0.15) is 0 Å².